The topological polar surface area (TPSA) is 40.6 Å². The molecule has 0 aliphatic carbocycles. The molecule has 0 unspecified atom stereocenters. The smallest absolute Gasteiger partial charge is 0.207 e. The first kappa shape index (κ1) is 24.0. The Kier molecular flexibility index (Phi) is 7.35. The van der Waals surface area contributed by atoms with Crippen molar-refractivity contribution in [3.8, 4) is 0 Å². The van der Waals surface area contributed by atoms with Crippen molar-refractivity contribution in [3.63, 3.8) is 0 Å². The number of fused-ring (bicyclic) bond motifs is 2. The van der Waals surface area contributed by atoms with Gasteiger partial charge in [0.1, 0.15) is 0 Å². The second-order valence-corrected chi connectivity index (χ2v) is 9.27. The fourth-order valence-corrected chi connectivity index (χ4v) is 5.15. The Labute approximate surface area is 204 Å². The Morgan fingerprint density at radius 3 is 1.35 bits per heavy atom. The van der Waals surface area contributed by atoms with Gasteiger partial charge in [0, 0.05) is 34.9 Å². The van der Waals surface area contributed by atoms with Gasteiger partial charge in [0.2, 0.25) is 11.6 Å². The van der Waals surface area contributed by atoms with Crippen molar-refractivity contribution in [3.05, 3.63) is 93.9 Å². The lowest BCUT2D eigenvalue weighted by Crippen LogP contribution is -2.16. The van der Waals surface area contributed by atoms with Crippen LogP contribution in [0.5, 0.6) is 0 Å². The minimum Gasteiger partial charge on any atom is -0.317 e. The lowest BCUT2D eigenvalue weighted by atomic mass is 10.0. The second-order valence-electron chi connectivity index (χ2n) is 9.27. The third-order valence-corrected chi connectivity index (χ3v) is 6.69. The van der Waals surface area contributed by atoms with E-state index >= 15 is 0 Å². The molecule has 4 rings (SSSR count). The summed E-state index contributed by atoms with van der Waals surface area (Å²) in [5, 5.41) is 0. The van der Waals surface area contributed by atoms with Crippen LogP contribution in [-0.2, 0) is 9.59 Å². The van der Waals surface area contributed by atoms with Gasteiger partial charge < -0.3 is 9.80 Å². The Balaban J connectivity index is 1.57. The summed E-state index contributed by atoms with van der Waals surface area (Å²) in [4.78, 5) is 30.3. The van der Waals surface area contributed by atoms with Crippen LogP contribution in [0.15, 0.2) is 93.9 Å². The van der Waals surface area contributed by atoms with Gasteiger partial charge in [0.05, 0.1) is 11.4 Å². The van der Waals surface area contributed by atoms with Crippen LogP contribution in [0.2, 0.25) is 0 Å². The molecule has 0 saturated carbocycles. The van der Waals surface area contributed by atoms with E-state index < -0.39 is 0 Å². The maximum Gasteiger partial charge on any atom is 0.207 e. The first-order valence-corrected chi connectivity index (χ1v) is 12.9. The van der Waals surface area contributed by atoms with Crippen LogP contribution in [-0.4, -0.2) is 21.4 Å². The highest BCUT2D eigenvalue weighted by Gasteiger charge is 2.35. The maximum atomic E-state index is 13.1. The third kappa shape index (κ3) is 4.34. The first-order chi connectivity index (χ1) is 16.5. The van der Waals surface area contributed by atoms with Gasteiger partial charge >= 0.3 is 0 Å². The van der Waals surface area contributed by atoms with E-state index in [4.69, 9.17) is 0 Å². The Morgan fingerprint density at radius 1 is 0.618 bits per heavy atom. The summed E-state index contributed by atoms with van der Waals surface area (Å²) in [5.41, 5.74) is 7.75. The van der Waals surface area contributed by atoms with Crippen molar-refractivity contribution < 1.29 is 9.59 Å². The highest BCUT2D eigenvalue weighted by molar-refractivity contribution is 6.12. The summed E-state index contributed by atoms with van der Waals surface area (Å²) < 4.78 is 0. The van der Waals surface area contributed by atoms with E-state index in [1.54, 1.807) is 0 Å². The molecule has 4 aliphatic rings. The van der Waals surface area contributed by atoms with Crippen LogP contribution in [0.1, 0.15) is 79.1 Å². The summed E-state index contributed by atoms with van der Waals surface area (Å²) in [6.07, 6.45) is 23.7. The molecule has 34 heavy (non-hydrogen) atoms. The molecular weight excluding hydrogens is 420 g/mol. The number of nitrogens with zero attached hydrogens (tertiary/aromatic N) is 2. The number of hydrogen-bond acceptors (Lipinski definition) is 4. The number of rotatable bonds is 9. The summed E-state index contributed by atoms with van der Waals surface area (Å²) in [7, 11) is 0. The van der Waals surface area contributed by atoms with Crippen LogP contribution in [0.3, 0.4) is 0 Å². The zero-order valence-corrected chi connectivity index (χ0v) is 21.0. The van der Waals surface area contributed by atoms with Gasteiger partial charge in [-0.05, 0) is 61.1 Å². The molecule has 0 N–H and O–H groups in total. The molecule has 0 bridgehead atoms. The van der Waals surface area contributed by atoms with Gasteiger partial charge in [0.25, 0.3) is 0 Å². The fraction of sp³-hybridized carbons (Fsp3) is 0.400. The van der Waals surface area contributed by atoms with E-state index in [2.05, 4.69) is 49.6 Å². The minimum absolute atomic E-state index is 0.165. The molecule has 0 fully saturated rings. The molecule has 4 heteroatoms. The van der Waals surface area contributed by atoms with E-state index in [0.717, 1.165) is 96.4 Å². The number of Topliss-reactive ketones (excluding diaryl/α,β-unsaturated/α-hetero) is 2. The van der Waals surface area contributed by atoms with Crippen molar-refractivity contribution in [2.45, 2.75) is 79.1 Å². The Morgan fingerprint density at radius 2 is 1.00 bits per heavy atom. The number of hydrogen-bond donors (Lipinski definition) is 0. The van der Waals surface area contributed by atoms with Crippen molar-refractivity contribution in [2.75, 3.05) is 0 Å². The summed E-state index contributed by atoms with van der Waals surface area (Å²) in [5.74, 6) is 0.330. The second kappa shape index (κ2) is 10.4. The van der Waals surface area contributed by atoms with Gasteiger partial charge in [-0.25, -0.2) is 0 Å². The first-order valence-electron chi connectivity index (χ1n) is 12.9. The number of ketones is 2. The lowest BCUT2D eigenvalue weighted by molar-refractivity contribution is -0.113. The summed E-state index contributed by atoms with van der Waals surface area (Å²) in [6.45, 7) is 8.55. The van der Waals surface area contributed by atoms with Gasteiger partial charge in [-0.1, -0.05) is 65.5 Å². The summed E-state index contributed by atoms with van der Waals surface area (Å²) in [6, 6.07) is 0. The SMILES string of the molecule is CCCC1=C(CCC)N2C=CC(=CC=C3C=CN4C(=C3)C(=O)C(CCC)=C4CCC)C=C2C1=O. The predicted octanol–water partition coefficient (Wildman–Crippen LogP) is 7.14. The van der Waals surface area contributed by atoms with Gasteiger partial charge in [0.15, 0.2) is 0 Å². The molecule has 0 aromatic heterocycles. The Bertz CT molecular complexity index is 1040. The van der Waals surface area contributed by atoms with Crippen LogP contribution >= 0.6 is 0 Å². The zero-order chi connectivity index (χ0) is 24.2. The van der Waals surface area contributed by atoms with Crippen molar-refractivity contribution >= 4 is 11.6 Å². The van der Waals surface area contributed by atoms with Crippen LogP contribution in [0, 0.1) is 0 Å². The lowest BCUT2D eigenvalue weighted by Gasteiger charge is -2.22. The average molecular weight is 457 g/mol. The maximum absolute atomic E-state index is 13.1. The molecular formula is C30H36N2O2. The molecule has 0 aromatic carbocycles. The van der Waals surface area contributed by atoms with Crippen LogP contribution in [0.25, 0.3) is 0 Å². The molecule has 0 spiro atoms. The minimum atomic E-state index is 0.165. The Hall–Kier alpha value is -3.14. The van der Waals surface area contributed by atoms with E-state index in [1.165, 1.54) is 0 Å². The number of carbonyl (C=O) groups excluding carboxylic acids is 2. The largest absolute Gasteiger partial charge is 0.317 e. The van der Waals surface area contributed by atoms with Crippen molar-refractivity contribution in [1.82, 2.24) is 9.80 Å². The molecule has 0 saturated heterocycles. The van der Waals surface area contributed by atoms with E-state index in [-0.39, 0.29) is 11.6 Å². The fourth-order valence-electron chi connectivity index (χ4n) is 5.15. The molecule has 178 valence electrons. The number of carbonyl (C=O) groups is 2. The molecule has 0 radical (unpaired) electrons. The quantitative estimate of drug-likeness (QED) is 0.370. The molecule has 4 nitrogen and oxygen atoms in total. The van der Waals surface area contributed by atoms with E-state index in [1.807, 2.05) is 36.7 Å². The molecule has 4 heterocycles. The van der Waals surface area contributed by atoms with Crippen LogP contribution < -0.4 is 0 Å². The standard InChI is InChI=1S/C30H36N2O2/c1-5-9-23-25(11-7-3)31-17-15-21(19-27(31)29(23)33)13-14-22-16-18-32-26(12-8-4)24(10-6-2)30(34)28(32)20-22/h13-20H,5-12H2,1-4H3. The van der Waals surface area contributed by atoms with E-state index in [0.29, 0.717) is 0 Å². The zero-order valence-electron chi connectivity index (χ0n) is 21.0. The molecule has 0 atom stereocenters. The van der Waals surface area contributed by atoms with Crippen LogP contribution in [0.4, 0.5) is 0 Å². The summed E-state index contributed by atoms with van der Waals surface area (Å²) >= 11 is 0. The highest BCUT2D eigenvalue weighted by Crippen LogP contribution is 2.38. The van der Waals surface area contributed by atoms with Gasteiger partial charge in [-0.2, -0.15) is 0 Å². The molecule has 0 aromatic rings. The normalized spacial score (nSPS) is 21.9. The predicted molar refractivity (Wildman–Crippen MR) is 138 cm³/mol. The van der Waals surface area contributed by atoms with Gasteiger partial charge in [-0.3, -0.25) is 9.59 Å². The monoisotopic (exact) mass is 456 g/mol. The van der Waals surface area contributed by atoms with Crippen molar-refractivity contribution in [1.29, 1.82) is 0 Å². The number of allylic oxidation sites excluding steroid dienone is 12. The van der Waals surface area contributed by atoms with E-state index in [9.17, 15) is 9.59 Å². The molecule has 4 aliphatic heterocycles. The average Bonchev–Trinajstić information content (AvgIpc) is 3.25. The third-order valence-electron chi connectivity index (χ3n) is 6.69. The molecule has 0 amide bonds. The van der Waals surface area contributed by atoms with Gasteiger partial charge in [-0.15, -0.1) is 0 Å². The highest BCUT2D eigenvalue weighted by atomic mass is 16.1. The van der Waals surface area contributed by atoms with Crippen molar-refractivity contribution in [2.24, 2.45) is 0 Å².